The van der Waals surface area contributed by atoms with E-state index in [1.54, 1.807) is 24.3 Å². The third-order valence-corrected chi connectivity index (χ3v) is 5.18. The molecule has 0 aliphatic carbocycles. The molecule has 3 rings (SSSR count). The number of ether oxygens (including phenoxy) is 2. The number of rotatable bonds is 6. The van der Waals surface area contributed by atoms with E-state index in [1.807, 2.05) is 29.2 Å². The summed E-state index contributed by atoms with van der Waals surface area (Å²) in [7, 11) is 2.94. The van der Waals surface area contributed by atoms with Crippen molar-refractivity contribution in [3.05, 3.63) is 58.6 Å². The number of nitrogens with zero attached hydrogens (tertiary/aromatic N) is 2. The SMILES string of the molecule is COc1cc(/C=C\C(=O)N2CCN(Cc3ccc(Cl)cc3)CC2)cc(OC)c1O. The Morgan fingerprint density at radius 2 is 1.66 bits per heavy atom. The predicted molar refractivity (Wildman–Crippen MR) is 114 cm³/mol. The van der Waals surface area contributed by atoms with E-state index < -0.39 is 0 Å². The summed E-state index contributed by atoms with van der Waals surface area (Å²) in [4.78, 5) is 16.7. The van der Waals surface area contributed by atoms with Gasteiger partial charge in [-0.3, -0.25) is 9.69 Å². The van der Waals surface area contributed by atoms with Crippen LogP contribution in [0.4, 0.5) is 0 Å². The van der Waals surface area contributed by atoms with E-state index in [4.69, 9.17) is 21.1 Å². The number of phenols is 1. The molecule has 0 spiro atoms. The molecule has 0 saturated carbocycles. The summed E-state index contributed by atoms with van der Waals surface area (Å²) in [6.07, 6.45) is 3.24. The van der Waals surface area contributed by atoms with E-state index in [2.05, 4.69) is 4.90 Å². The van der Waals surface area contributed by atoms with Gasteiger partial charge in [0, 0.05) is 43.8 Å². The van der Waals surface area contributed by atoms with Crippen LogP contribution in [0.2, 0.25) is 5.02 Å². The molecule has 1 saturated heterocycles. The van der Waals surface area contributed by atoms with Gasteiger partial charge in [0.1, 0.15) is 0 Å². The Hall–Kier alpha value is -2.70. The molecule has 1 aliphatic rings. The third-order valence-electron chi connectivity index (χ3n) is 4.92. The highest BCUT2D eigenvalue weighted by molar-refractivity contribution is 6.30. The van der Waals surface area contributed by atoms with Crippen molar-refractivity contribution in [1.29, 1.82) is 0 Å². The minimum atomic E-state index is -0.0599. The zero-order valence-corrected chi connectivity index (χ0v) is 17.4. The van der Waals surface area contributed by atoms with Crippen molar-refractivity contribution in [2.24, 2.45) is 0 Å². The van der Waals surface area contributed by atoms with Gasteiger partial charge in [-0.05, 0) is 41.5 Å². The van der Waals surface area contributed by atoms with Gasteiger partial charge in [-0.25, -0.2) is 0 Å². The Balaban J connectivity index is 1.56. The highest BCUT2D eigenvalue weighted by atomic mass is 35.5. The summed E-state index contributed by atoms with van der Waals surface area (Å²) < 4.78 is 10.3. The van der Waals surface area contributed by atoms with Gasteiger partial charge in [-0.1, -0.05) is 23.7 Å². The van der Waals surface area contributed by atoms with Crippen molar-refractivity contribution >= 4 is 23.6 Å². The second kappa shape index (κ2) is 9.67. The lowest BCUT2D eigenvalue weighted by Crippen LogP contribution is -2.47. The topological polar surface area (TPSA) is 62.2 Å². The Kier molecular flexibility index (Phi) is 7.01. The summed E-state index contributed by atoms with van der Waals surface area (Å²) >= 11 is 5.93. The quantitative estimate of drug-likeness (QED) is 0.731. The first-order valence-corrected chi connectivity index (χ1v) is 9.76. The lowest BCUT2D eigenvalue weighted by molar-refractivity contribution is -0.127. The van der Waals surface area contributed by atoms with Crippen LogP contribution in [-0.4, -0.2) is 61.2 Å². The molecule has 1 fully saturated rings. The lowest BCUT2D eigenvalue weighted by atomic mass is 10.1. The zero-order valence-electron chi connectivity index (χ0n) is 16.6. The molecule has 1 amide bonds. The summed E-state index contributed by atoms with van der Waals surface area (Å²) in [5, 5.41) is 10.7. The van der Waals surface area contributed by atoms with Crippen molar-refractivity contribution in [2.45, 2.75) is 6.54 Å². The summed E-state index contributed by atoms with van der Waals surface area (Å²) in [5.74, 6) is 0.497. The zero-order chi connectivity index (χ0) is 20.8. The van der Waals surface area contributed by atoms with Crippen molar-refractivity contribution < 1.29 is 19.4 Å². The third kappa shape index (κ3) is 5.43. The van der Waals surface area contributed by atoms with Crippen LogP contribution in [0.5, 0.6) is 17.2 Å². The maximum Gasteiger partial charge on any atom is 0.246 e. The van der Waals surface area contributed by atoms with Gasteiger partial charge >= 0.3 is 0 Å². The molecular formula is C22H25ClN2O4. The lowest BCUT2D eigenvalue weighted by Gasteiger charge is -2.34. The van der Waals surface area contributed by atoms with Gasteiger partial charge in [-0.15, -0.1) is 0 Å². The van der Waals surface area contributed by atoms with Gasteiger partial charge in [0.25, 0.3) is 0 Å². The van der Waals surface area contributed by atoms with Crippen LogP contribution in [0.15, 0.2) is 42.5 Å². The number of benzene rings is 2. The van der Waals surface area contributed by atoms with Crippen molar-refractivity contribution in [2.75, 3.05) is 40.4 Å². The molecule has 7 heteroatoms. The van der Waals surface area contributed by atoms with Crippen LogP contribution in [0, 0.1) is 0 Å². The number of aromatic hydroxyl groups is 1. The molecule has 0 aromatic heterocycles. The van der Waals surface area contributed by atoms with Crippen molar-refractivity contribution in [3.8, 4) is 17.2 Å². The Morgan fingerprint density at radius 1 is 1.07 bits per heavy atom. The standard InChI is InChI=1S/C22H25ClN2O4/c1-28-19-13-17(14-20(29-2)22(19)27)5-8-21(26)25-11-9-24(10-12-25)15-16-3-6-18(23)7-4-16/h3-8,13-14,27H,9-12,15H2,1-2H3/b8-5-. The van der Waals surface area contributed by atoms with E-state index in [0.29, 0.717) is 30.2 Å². The molecule has 29 heavy (non-hydrogen) atoms. The van der Waals surface area contributed by atoms with Crippen molar-refractivity contribution in [3.63, 3.8) is 0 Å². The number of methoxy groups -OCH3 is 2. The molecule has 0 unspecified atom stereocenters. The first kappa shape index (κ1) is 21.0. The van der Waals surface area contributed by atoms with Gasteiger partial charge in [-0.2, -0.15) is 0 Å². The van der Waals surface area contributed by atoms with Gasteiger partial charge in [0.2, 0.25) is 11.7 Å². The number of carbonyl (C=O) groups excluding carboxylic acids is 1. The fourth-order valence-electron chi connectivity index (χ4n) is 3.26. The van der Waals surface area contributed by atoms with E-state index in [-0.39, 0.29) is 11.7 Å². The number of halogens is 1. The minimum absolute atomic E-state index is 0.0397. The largest absolute Gasteiger partial charge is 0.502 e. The fourth-order valence-corrected chi connectivity index (χ4v) is 3.38. The molecule has 0 radical (unpaired) electrons. The maximum absolute atomic E-state index is 12.5. The van der Waals surface area contributed by atoms with E-state index in [0.717, 1.165) is 24.7 Å². The van der Waals surface area contributed by atoms with E-state index in [9.17, 15) is 9.90 Å². The second-order valence-electron chi connectivity index (χ2n) is 6.84. The molecule has 0 atom stereocenters. The van der Waals surface area contributed by atoms with Crippen LogP contribution >= 0.6 is 11.6 Å². The van der Waals surface area contributed by atoms with E-state index in [1.165, 1.54) is 19.8 Å². The fraction of sp³-hybridized carbons (Fsp3) is 0.318. The first-order chi connectivity index (χ1) is 14.0. The molecule has 1 aliphatic heterocycles. The van der Waals surface area contributed by atoms with E-state index >= 15 is 0 Å². The molecule has 1 N–H and O–H groups in total. The number of phenolic OH excluding ortho intramolecular Hbond substituents is 1. The molecule has 2 aromatic carbocycles. The average molecular weight is 417 g/mol. The highest BCUT2D eigenvalue weighted by Gasteiger charge is 2.19. The van der Waals surface area contributed by atoms with Crippen LogP contribution in [0.3, 0.4) is 0 Å². The number of hydrogen-bond donors (Lipinski definition) is 1. The molecule has 2 aromatic rings. The van der Waals surface area contributed by atoms with Gasteiger partial charge < -0.3 is 19.5 Å². The summed E-state index contributed by atoms with van der Waals surface area (Å²) in [6.45, 7) is 3.85. The van der Waals surface area contributed by atoms with Crippen LogP contribution in [0.25, 0.3) is 6.08 Å². The smallest absolute Gasteiger partial charge is 0.246 e. The van der Waals surface area contributed by atoms with Crippen molar-refractivity contribution in [1.82, 2.24) is 9.80 Å². The number of amides is 1. The molecular weight excluding hydrogens is 392 g/mol. The highest BCUT2D eigenvalue weighted by Crippen LogP contribution is 2.37. The Morgan fingerprint density at radius 3 is 2.21 bits per heavy atom. The molecule has 154 valence electrons. The maximum atomic E-state index is 12.5. The first-order valence-electron chi connectivity index (χ1n) is 9.39. The number of hydrogen-bond acceptors (Lipinski definition) is 5. The number of piperazine rings is 1. The van der Waals surface area contributed by atoms with Crippen LogP contribution < -0.4 is 9.47 Å². The van der Waals surface area contributed by atoms with Gasteiger partial charge in [0.15, 0.2) is 11.5 Å². The molecule has 1 heterocycles. The predicted octanol–water partition coefficient (Wildman–Crippen LogP) is 3.42. The molecule has 0 bridgehead atoms. The average Bonchev–Trinajstić information content (AvgIpc) is 2.75. The number of carbonyl (C=O) groups is 1. The monoisotopic (exact) mass is 416 g/mol. The summed E-state index contributed by atoms with van der Waals surface area (Å²) in [6, 6.07) is 11.2. The normalized spacial score (nSPS) is 14.9. The van der Waals surface area contributed by atoms with Crippen LogP contribution in [0.1, 0.15) is 11.1 Å². The summed E-state index contributed by atoms with van der Waals surface area (Å²) in [5.41, 5.74) is 1.93. The Labute approximate surface area is 175 Å². The second-order valence-corrected chi connectivity index (χ2v) is 7.27. The molecule has 6 nitrogen and oxygen atoms in total. The minimum Gasteiger partial charge on any atom is -0.502 e. The Bertz CT molecular complexity index is 850. The van der Waals surface area contributed by atoms with Crippen LogP contribution in [-0.2, 0) is 11.3 Å². The van der Waals surface area contributed by atoms with Gasteiger partial charge in [0.05, 0.1) is 14.2 Å².